The lowest BCUT2D eigenvalue weighted by Gasteiger charge is -2.03. The van der Waals surface area contributed by atoms with Gasteiger partial charge >= 0.3 is 0 Å². The molecule has 2 heterocycles. The molecule has 0 bridgehead atoms. The quantitative estimate of drug-likeness (QED) is 0.838. The Morgan fingerprint density at radius 2 is 2.00 bits per heavy atom. The van der Waals surface area contributed by atoms with E-state index in [1.807, 2.05) is 0 Å². The summed E-state index contributed by atoms with van der Waals surface area (Å²) in [6.07, 6.45) is 1.40. The van der Waals surface area contributed by atoms with Crippen LogP contribution in [0.1, 0.15) is 27.8 Å². The lowest BCUT2D eigenvalue weighted by Crippen LogP contribution is -2.14. The van der Waals surface area contributed by atoms with Crippen LogP contribution in [-0.2, 0) is 0 Å². The van der Waals surface area contributed by atoms with Crippen molar-refractivity contribution in [2.75, 3.05) is 0 Å². The van der Waals surface area contributed by atoms with Crippen LogP contribution >= 0.6 is 0 Å². The molecule has 0 aliphatic rings. The Hall–Kier alpha value is -2.24. The van der Waals surface area contributed by atoms with Gasteiger partial charge in [-0.2, -0.15) is 0 Å². The van der Waals surface area contributed by atoms with Gasteiger partial charge in [0.15, 0.2) is 11.7 Å². The minimum atomic E-state index is -0.589. The number of carbonyl (C=O) groups is 1. The molecule has 0 radical (unpaired) electrons. The second kappa shape index (κ2) is 3.97. The van der Waals surface area contributed by atoms with E-state index in [4.69, 9.17) is 10.2 Å². The normalized spacial score (nSPS) is 10.5. The molecule has 17 heavy (non-hydrogen) atoms. The average Bonchev–Trinajstić information content (AvgIpc) is 2.57. The number of nitrogens with two attached hydrogens (primary N) is 1. The molecule has 0 aromatic carbocycles. The molecule has 0 fully saturated rings. The van der Waals surface area contributed by atoms with Gasteiger partial charge in [0.05, 0.1) is 11.3 Å². The standard InChI is InChI=1S/C11H12N4O2/c1-5-10(17-7(3)14-5)9-8(11(12)16)4-13-6(2)15-9/h4H,1-3H3,(H2,12,16). The molecule has 2 N–H and O–H groups in total. The molecule has 0 saturated carbocycles. The molecule has 2 rings (SSSR count). The van der Waals surface area contributed by atoms with Crippen molar-refractivity contribution >= 4 is 5.91 Å². The van der Waals surface area contributed by atoms with Gasteiger partial charge in [0.1, 0.15) is 11.5 Å². The molecule has 0 aliphatic heterocycles. The van der Waals surface area contributed by atoms with Crippen molar-refractivity contribution in [3.63, 3.8) is 0 Å². The highest BCUT2D eigenvalue weighted by Gasteiger charge is 2.19. The van der Waals surface area contributed by atoms with E-state index in [9.17, 15) is 4.79 Å². The predicted octanol–water partition coefficient (Wildman–Crippen LogP) is 1.16. The molecule has 0 saturated heterocycles. The zero-order chi connectivity index (χ0) is 12.6. The number of aromatic nitrogens is 3. The summed E-state index contributed by atoms with van der Waals surface area (Å²) in [4.78, 5) is 23.6. The van der Waals surface area contributed by atoms with Crippen molar-refractivity contribution in [1.82, 2.24) is 15.0 Å². The minimum Gasteiger partial charge on any atom is -0.439 e. The number of nitrogens with zero attached hydrogens (tertiary/aromatic N) is 3. The second-order valence-corrected chi connectivity index (χ2v) is 3.69. The van der Waals surface area contributed by atoms with E-state index < -0.39 is 5.91 Å². The maximum atomic E-state index is 11.3. The maximum Gasteiger partial charge on any atom is 0.252 e. The summed E-state index contributed by atoms with van der Waals surface area (Å²) in [6, 6.07) is 0. The van der Waals surface area contributed by atoms with Crippen molar-refractivity contribution in [3.8, 4) is 11.5 Å². The Kier molecular flexibility index (Phi) is 2.63. The van der Waals surface area contributed by atoms with Crippen molar-refractivity contribution in [1.29, 1.82) is 0 Å². The van der Waals surface area contributed by atoms with Crippen LogP contribution in [0.15, 0.2) is 10.6 Å². The van der Waals surface area contributed by atoms with Crippen LogP contribution in [0.3, 0.4) is 0 Å². The zero-order valence-electron chi connectivity index (χ0n) is 9.81. The van der Waals surface area contributed by atoms with Crippen LogP contribution in [-0.4, -0.2) is 20.9 Å². The van der Waals surface area contributed by atoms with Crippen molar-refractivity contribution in [3.05, 3.63) is 29.2 Å². The fourth-order valence-corrected chi connectivity index (χ4v) is 1.57. The first-order valence-corrected chi connectivity index (χ1v) is 5.07. The van der Waals surface area contributed by atoms with Crippen LogP contribution in [0.2, 0.25) is 0 Å². The van der Waals surface area contributed by atoms with Gasteiger partial charge in [0, 0.05) is 13.1 Å². The van der Waals surface area contributed by atoms with Crippen molar-refractivity contribution < 1.29 is 9.21 Å². The molecule has 2 aromatic heterocycles. The highest BCUT2D eigenvalue weighted by Crippen LogP contribution is 2.25. The Balaban J connectivity index is 2.69. The molecule has 6 nitrogen and oxygen atoms in total. The van der Waals surface area contributed by atoms with E-state index in [1.54, 1.807) is 20.8 Å². The second-order valence-electron chi connectivity index (χ2n) is 3.69. The van der Waals surface area contributed by atoms with Gasteiger partial charge < -0.3 is 10.2 Å². The first-order valence-electron chi connectivity index (χ1n) is 5.07. The van der Waals surface area contributed by atoms with Gasteiger partial charge in [-0.05, 0) is 13.8 Å². The lowest BCUT2D eigenvalue weighted by atomic mass is 10.1. The van der Waals surface area contributed by atoms with Gasteiger partial charge in [-0.1, -0.05) is 0 Å². The summed E-state index contributed by atoms with van der Waals surface area (Å²) in [7, 11) is 0. The Bertz CT molecular complexity index is 589. The van der Waals surface area contributed by atoms with E-state index in [1.165, 1.54) is 6.20 Å². The minimum absolute atomic E-state index is 0.231. The van der Waals surface area contributed by atoms with Crippen LogP contribution in [0.5, 0.6) is 0 Å². The SMILES string of the molecule is Cc1ncc(C(N)=O)c(-c2oc(C)nc2C)n1. The molecule has 6 heteroatoms. The molecule has 88 valence electrons. The van der Waals surface area contributed by atoms with Crippen LogP contribution in [0, 0.1) is 20.8 Å². The molecule has 0 aliphatic carbocycles. The summed E-state index contributed by atoms with van der Waals surface area (Å²) in [5.41, 5.74) is 6.57. The molecule has 0 atom stereocenters. The number of rotatable bonds is 2. The van der Waals surface area contributed by atoms with E-state index >= 15 is 0 Å². The van der Waals surface area contributed by atoms with Gasteiger partial charge in [-0.15, -0.1) is 0 Å². The lowest BCUT2D eigenvalue weighted by molar-refractivity contribution is 0.1000. The topological polar surface area (TPSA) is 94.9 Å². The number of amides is 1. The highest BCUT2D eigenvalue weighted by molar-refractivity contribution is 5.98. The van der Waals surface area contributed by atoms with E-state index in [0.717, 1.165) is 0 Å². The highest BCUT2D eigenvalue weighted by atomic mass is 16.4. The van der Waals surface area contributed by atoms with Gasteiger partial charge in [-0.25, -0.2) is 15.0 Å². The Morgan fingerprint density at radius 1 is 1.29 bits per heavy atom. The number of carbonyl (C=O) groups excluding carboxylic acids is 1. The third-order valence-corrected chi connectivity index (χ3v) is 2.29. The van der Waals surface area contributed by atoms with E-state index in [2.05, 4.69) is 15.0 Å². The van der Waals surface area contributed by atoms with Gasteiger partial charge in [0.25, 0.3) is 5.91 Å². The number of primary amides is 1. The largest absolute Gasteiger partial charge is 0.439 e. The fraction of sp³-hybridized carbons (Fsp3) is 0.273. The zero-order valence-corrected chi connectivity index (χ0v) is 9.81. The summed E-state index contributed by atoms with van der Waals surface area (Å²) < 4.78 is 5.44. The predicted molar refractivity (Wildman–Crippen MR) is 60.3 cm³/mol. The monoisotopic (exact) mass is 232 g/mol. The summed E-state index contributed by atoms with van der Waals surface area (Å²) in [5.74, 6) is 0.929. The molecule has 2 aromatic rings. The third kappa shape index (κ3) is 2.01. The summed E-state index contributed by atoms with van der Waals surface area (Å²) >= 11 is 0. The first-order chi connectivity index (χ1) is 7.99. The molecule has 0 unspecified atom stereocenters. The Morgan fingerprint density at radius 3 is 2.53 bits per heavy atom. The van der Waals surface area contributed by atoms with Crippen LogP contribution in [0.4, 0.5) is 0 Å². The summed E-state index contributed by atoms with van der Waals surface area (Å²) in [5, 5.41) is 0. The summed E-state index contributed by atoms with van der Waals surface area (Å²) in [6.45, 7) is 5.25. The Labute approximate surface area is 97.9 Å². The van der Waals surface area contributed by atoms with E-state index in [0.29, 0.717) is 28.9 Å². The smallest absolute Gasteiger partial charge is 0.252 e. The van der Waals surface area contributed by atoms with Crippen molar-refractivity contribution in [2.45, 2.75) is 20.8 Å². The number of hydrogen-bond donors (Lipinski definition) is 1. The molecule has 1 amide bonds. The maximum absolute atomic E-state index is 11.3. The third-order valence-electron chi connectivity index (χ3n) is 2.29. The molecular formula is C11H12N4O2. The molecular weight excluding hydrogens is 220 g/mol. The molecule has 0 spiro atoms. The van der Waals surface area contributed by atoms with Crippen LogP contribution in [0.25, 0.3) is 11.5 Å². The number of aryl methyl sites for hydroxylation is 3. The van der Waals surface area contributed by atoms with E-state index in [-0.39, 0.29) is 5.56 Å². The average molecular weight is 232 g/mol. The van der Waals surface area contributed by atoms with Crippen LogP contribution < -0.4 is 5.73 Å². The fourth-order valence-electron chi connectivity index (χ4n) is 1.57. The van der Waals surface area contributed by atoms with Gasteiger partial charge in [-0.3, -0.25) is 4.79 Å². The number of oxazole rings is 1. The van der Waals surface area contributed by atoms with Gasteiger partial charge in [0.2, 0.25) is 0 Å². The van der Waals surface area contributed by atoms with Crippen molar-refractivity contribution in [2.24, 2.45) is 5.73 Å². The number of hydrogen-bond acceptors (Lipinski definition) is 5. The first kappa shape index (κ1) is 11.3.